The van der Waals surface area contributed by atoms with E-state index in [0.717, 1.165) is 19.0 Å². The zero-order valence-electron chi connectivity index (χ0n) is 18.6. The van der Waals surface area contributed by atoms with E-state index < -0.39 is 12.7 Å². The Morgan fingerprint density at radius 2 is 1.16 bits per heavy atom. The van der Waals surface area contributed by atoms with Crippen molar-refractivity contribution in [2.45, 2.75) is 33.6 Å². The van der Waals surface area contributed by atoms with Gasteiger partial charge in [-0.25, -0.2) is 0 Å². The molecule has 31 heavy (non-hydrogen) atoms. The highest BCUT2D eigenvalue weighted by atomic mass is 79.9. The van der Waals surface area contributed by atoms with Gasteiger partial charge in [0.15, 0.2) is 0 Å². The van der Waals surface area contributed by atoms with Crippen molar-refractivity contribution in [2.75, 3.05) is 12.8 Å². The summed E-state index contributed by atoms with van der Waals surface area (Å²) in [5.41, 5.74) is -0.476. The van der Waals surface area contributed by atoms with Crippen LogP contribution in [0.4, 0.5) is 0 Å². The fourth-order valence-corrected chi connectivity index (χ4v) is 8.41. The Bertz CT molecular complexity index is 831. The molecule has 0 aliphatic carbocycles. The Labute approximate surface area is 198 Å². The van der Waals surface area contributed by atoms with Crippen molar-refractivity contribution in [3.63, 3.8) is 0 Å². The number of benzene rings is 3. The number of ether oxygens (including phenoxy) is 1. The second-order valence-corrected chi connectivity index (χ2v) is 11.9. The predicted octanol–water partition coefficient (Wildman–Crippen LogP) is 2.35. The summed E-state index contributed by atoms with van der Waals surface area (Å²) < 4.78 is 5.31. The normalized spacial score (nSPS) is 11.5. The Hall–Kier alpha value is -1.96. The summed E-state index contributed by atoms with van der Waals surface area (Å²) in [4.78, 5) is 12.4. The molecule has 0 radical (unpaired) electrons. The molecule has 0 saturated heterocycles. The highest BCUT2D eigenvalue weighted by Crippen LogP contribution is 2.56. The third kappa shape index (κ3) is 5.84. The van der Waals surface area contributed by atoms with Crippen LogP contribution < -0.4 is 32.9 Å². The van der Waals surface area contributed by atoms with E-state index in [4.69, 9.17) is 4.74 Å². The lowest BCUT2D eigenvalue weighted by Gasteiger charge is -2.29. The maximum absolute atomic E-state index is 12.4. The molecule has 0 atom stereocenters. The van der Waals surface area contributed by atoms with E-state index in [-0.39, 0.29) is 23.0 Å². The van der Waals surface area contributed by atoms with Crippen LogP contribution in [0.15, 0.2) is 91.0 Å². The lowest BCUT2D eigenvalue weighted by Crippen LogP contribution is -3.00. The summed E-state index contributed by atoms with van der Waals surface area (Å²) in [6.07, 6.45) is 2.78. The zero-order chi connectivity index (χ0) is 21.5. The minimum Gasteiger partial charge on any atom is -1.00 e. The number of hydrogen-bond donors (Lipinski definition) is 0. The van der Waals surface area contributed by atoms with Gasteiger partial charge in [-0.15, -0.1) is 0 Å². The van der Waals surface area contributed by atoms with Gasteiger partial charge in [-0.1, -0.05) is 54.6 Å². The molecule has 0 bridgehead atoms. The van der Waals surface area contributed by atoms with Crippen molar-refractivity contribution >= 4 is 29.1 Å². The zero-order valence-corrected chi connectivity index (χ0v) is 21.1. The first-order chi connectivity index (χ1) is 14.5. The summed E-state index contributed by atoms with van der Waals surface area (Å²) in [5.74, 6) is -0.104. The van der Waals surface area contributed by atoms with Gasteiger partial charge in [0.05, 0.1) is 18.2 Å². The van der Waals surface area contributed by atoms with Crippen LogP contribution in [0.5, 0.6) is 0 Å². The van der Waals surface area contributed by atoms with E-state index in [2.05, 4.69) is 91.0 Å². The van der Waals surface area contributed by atoms with E-state index in [1.807, 2.05) is 20.8 Å². The predicted molar refractivity (Wildman–Crippen MR) is 130 cm³/mol. The molecular formula is C27H32BrO2P. The lowest BCUT2D eigenvalue weighted by molar-refractivity contribution is -0.153. The summed E-state index contributed by atoms with van der Waals surface area (Å²) in [6, 6.07) is 32.7. The van der Waals surface area contributed by atoms with Gasteiger partial charge in [0, 0.05) is 0 Å². The third-order valence-electron chi connectivity index (χ3n) is 5.71. The first kappa shape index (κ1) is 25.3. The highest BCUT2D eigenvalue weighted by Gasteiger charge is 2.45. The largest absolute Gasteiger partial charge is 1.00 e. The SMILES string of the molecule is CCOC(=O)C(C)(C)CCC[P+](c1ccccc1)(c1ccccc1)c1ccccc1.[Br-]. The molecule has 0 spiro atoms. The van der Waals surface area contributed by atoms with E-state index in [1.54, 1.807) is 0 Å². The van der Waals surface area contributed by atoms with Gasteiger partial charge in [0.1, 0.15) is 23.2 Å². The monoisotopic (exact) mass is 498 g/mol. The van der Waals surface area contributed by atoms with Crippen LogP contribution in [0.3, 0.4) is 0 Å². The molecule has 0 aromatic heterocycles. The van der Waals surface area contributed by atoms with Gasteiger partial charge in [-0.3, -0.25) is 4.79 Å². The Morgan fingerprint density at radius 1 is 0.774 bits per heavy atom. The lowest BCUT2D eigenvalue weighted by atomic mass is 9.88. The molecule has 0 unspecified atom stereocenters. The first-order valence-corrected chi connectivity index (χ1v) is 12.7. The molecule has 0 aliphatic heterocycles. The smallest absolute Gasteiger partial charge is 0.311 e. The third-order valence-corrected chi connectivity index (χ3v) is 10.2. The van der Waals surface area contributed by atoms with Crippen molar-refractivity contribution in [1.82, 2.24) is 0 Å². The van der Waals surface area contributed by atoms with Gasteiger partial charge < -0.3 is 21.7 Å². The van der Waals surface area contributed by atoms with Crippen molar-refractivity contribution in [3.05, 3.63) is 91.0 Å². The van der Waals surface area contributed by atoms with E-state index in [9.17, 15) is 4.79 Å². The molecule has 0 heterocycles. The van der Waals surface area contributed by atoms with Gasteiger partial charge in [-0.05, 0) is 70.0 Å². The molecule has 2 nitrogen and oxygen atoms in total. The van der Waals surface area contributed by atoms with Gasteiger partial charge in [0.2, 0.25) is 0 Å². The number of hydrogen-bond acceptors (Lipinski definition) is 2. The van der Waals surface area contributed by atoms with Crippen molar-refractivity contribution < 1.29 is 26.5 Å². The van der Waals surface area contributed by atoms with Crippen LogP contribution in [0.1, 0.15) is 33.6 Å². The van der Waals surface area contributed by atoms with E-state index >= 15 is 0 Å². The molecule has 0 fully saturated rings. The summed E-state index contributed by atoms with van der Waals surface area (Å²) >= 11 is 0. The average molecular weight is 499 g/mol. The quantitative estimate of drug-likeness (QED) is 0.334. The molecule has 0 aliphatic rings. The number of rotatable bonds is 9. The number of esters is 1. The number of carbonyl (C=O) groups is 1. The van der Waals surface area contributed by atoms with Gasteiger partial charge >= 0.3 is 5.97 Å². The molecule has 3 rings (SSSR count). The molecule has 0 N–H and O–H groups in total. The first-order valence-electron chi connectivity index (χ1n) is 10.7. The molecule has 0 saturated carbocycles. The molecule has 0 amide bonds. The fourth-order valence-electron chi connectivity index (χ4n) is 4.07. The van der Waals surface area contributed by atoms with Crippen molar-refractivity contribution in [1.29, 1.82) is 0 Å². The van der Waals surface area contributed by atoms with Crippen LogP contribution in [-0.2, 0) is 9.53 Å². The van der Waals surface area contributed by atoms with Crippen LogP contribution >= 0.6 is 7.26 Å². The Morgan fingerprint density at radius 3 is 1.52 bits per heavy atom. The second kappa shape index (κ2) is 11.6. The second-order valence-electron chi connectivity index (χ2n) is 8.25. The molecule has 4 heteroatoms. The number of halogens is 1. The summed E-state index contributed by atoms with van der Waals surface area (Å²) in [5, 5.41) is 4.16. The van der Waals surface area contributed by atoms with Crippen LogP contribution in [0.25, 0.3) is 0 Å². The van der Waals surface area contributed by atoms with Crippen LogP contribution in [-0.4, -0.2) is 18.7 Å². The minimum atomic E-state index is -1.84. The fraction of sp³-hybridized carbons (Fsp3) is 0.296. The summed E-state index contributed by atoms with van der Waals surface area (Å²) in [6.45, 7) is 6.29. The molecule has 3 aromatic carbocycles. The van der Waals surface area contributed by atoms with Crippen LogP contribution in [0.2, 0.25) is 0 Å². The average Bonchev–Trinajstić information content (AvgIpc) is 2.79. The van der Waals surface area contributed by atoms with Gasteiger partial charge in [-0.2, -0.15) is 0 Å². The minimum absolute atomic E-state index is 0. The van der Waals surface area contributed by atoms with Gasteiger partial charge in [0.25, 0.3) is 0 Å². The molecule has 3 aromatic rings. The maximum atomic E-state index is 12.4. The standard InChI is InChI=1S/C27H32O2P.BrH/c1-4-29-26(28)27(2,3)21-14-22-30(23-15-8-5-9-16-23,24-17-10-6-11-18-24)25-19-12-7-13-20-25;/h5-13,15-20H,4,14,21-22H2,1-3H3;1H/q+1;/p-1. The van der Waals surface area contributed by atoms with E-state index in [0.29, 0.717) is 6.61 Å². The highest BCUT2D eigenvalue weighted by molar-refractivity contribution is 7.95. The maximum Gasteiger partial charge on any atom is 0.311 e. The molecule has 164 valence electrons. The summed E-state index contributed by atoms with van der Waals surface area (Å²) in [7, 11) is -1.84. The van der Waals surface area contributed by atoms with Crippen molar-refractivity contribution in [2.24, 2.45) is 5.41 Å². The van der Waals surface area contributed by atoms with E-state index in [1.165, 1.54) is 15.9 Å². The molecular weight excluding hydrogens is 467 g/mol. The number of carbonyl (C=O) groups excluding carboxylic acids is 1. The Balaban J connectivity index is 0.00000341. The van der Waals surface area contributed by atoms with Crippen molar-refractivity contribution in [3.8, 4) is 0 Å². The van der Waals surface area contributed by atoms with Crippen LogP contribution in [0, 0.1) is 5.41 Å². The topological polar surface area (TPSA) is 26.3 Å². The Kier molecular flexibility index (Phi) is 9.47.